The van der Waals surface area contributed by atoms with Crippen molar-refractivity contribution in [2.75, 3.05) is 9.80 Å². The van der Waals surface area contributed by atoms with Gasteiger partial charge in [0.15, 0.2) is 0 Å². The minimum absolute atomic E-state index is 0.514. The van der Waals surface area contributed by atoms with Crippen LogP contribution in [0.2, 0.25) is 0 Å². The van der Waals surface area contributed by atoms with E-state index >= 15 is 0 Å². The summed E-state index contributed by atoms with van der Waals surface area (Å²) in [6, 6.07) is 104. The highest BCUT2D eigenvalue weighted by Gasteiger charge is 2.53. The molecule has 0 N–H and O–H groups in total. The van der Waals surface area contributed by atoms with E-state index in [4.69, 9.17) is 0 Å². The Bertz CT molecular complexity index is 4470. The van der Waals surface area contributed by atoms with Crippen molar-refractivity contribution in [1.29, 1.82) is 0 Å². The molecular weight excluding hydrogens is 905 g/mol. The van der Waals surface area contributed by atoms with Gasteiger partial charge in [0.25, 0.3) is 0 Å². The largest absolute Gasteiger partial charge is 0.310 e. The van der Waals surface area contributed by atoms with Gasteiger partial charge in [-0.05, 0) is 171 Å². The monoisotopic (exact) mass is 950 g/mol. The van der Waals surface area contributed by atoms with Crippen molar-refractivity contribution < 1.29 is 0 Å². The summed E-state index contributed by atoms with van der Waals surface area (Å²) >= 11 is 0. The lowest BCUT2D eigenvalue weighted by Crippen LogP contribution is -2.26. The lowest BCUT2D eigenvalue weighted by Gasteiger charge is -2.32. The quantitative estimate of drug-likeness (QED) is 0.157. The van der Waals surface area contributed by atoms with Gasteiger partial charge in [-0.25, -0.2) is 0 Å². The molecule has 0 bridgehead atoms. The van der Waals surface area contributed by atoms with Crippen LogP contribution in [0.15, 0.2) is 279 Å². The number of benzene rings is 13. The van der Waals surface area contributed by atoms with Crippen molar-refractivity contribution in [3.05, 3.63) is 301 Å². The zero-order valence-electron chi connectivity index (χ0n) is 41.0. The van der Waals surface area contributed by atoms with E-state index < -0.39 is 5.41 Å². The second-order valence-corrected chi connectivity index (χ2v) is 20.3. The van der Waals surface area contributed by atoms with Crippen LogP contribution < -0.4 is 9.80 Å². The van der Waals surface area contributed by atoms with Crippen molar-refractivity contribution in [2.24, 2.45) is 0 Å². The molecule has 0 aromatic heterocycles. The molecule has 75 heavy (non-hydrogen) atoms. The summed E-state index contributed by atoms with van der Waals surface area (Å²) in [4.78, 5) is 4.90. The van der Waals surface area contributed by atoms with Crippen molar-refractivity contribution in [3.8, 4) is 55.6 Å². The predicted molar refractivity (Wildman–Crippen MR) is 314 cm³/mol. The molecule has 0 heterocycles. The predicted octanol–water partition coefficient (Wildman–Crippen LogP) is 19.7. The highest BCUT2D eigenvalue weighted by Crippen LogP contribution is 2.66. The second-order valence-electron chi connectivity index (χ2n) is 20.3. The first-order valence-electron chi connectivity index (χ1n) is 26.1. The fraction of sp³-hybridized carbons (Fsp3) is 0.0137. The Balaban J connectivity index is 0.872. The maximum Gasteiger partial charge on any atom is 0.0732 e. The van der Waals surface area contributed by atoms with Gasteiger partial charge in [-0.2, -0.15) is 0 Å². The topological polar surface area (TPSA) is 6.48 Å². The van der Waals surface area contributed by atoms with Gasteiger partial charge in [0.2, 0.25) is 0 Å². The molecule has 3 aliphatic rings. The highest BCUT2D eigenvalue weighted by molar-refractivity contribution is 6.16. The van der Waals surface area contributed by atoms with Crippen LogP contribution in [0.4, 0.5) is 34.1 Å². The van der Waals surface area contributed by atoms with E-state index in [9.17, 15) is 0 Å². The zero-order valence-corrected chi connectivity index (χ0v) is 41.0. The van der Waals surface area contributed by atoms with E-state index in [2.05, 4.69) is 289 Å². The molecule has 0 saturated carbocycles. The third-order valence-electron chi connectivity index (χ3n) is 16.5. The molecule has 13 aromatic carbocycles. The first kappa shape index (κ1) is 41.8. The molecule has 16 rings (SSSR count). The molecule has 0 radical (unpaired) electrons. The standard InChI is InChI=1S/C73H46N2/c1-3-22-51(23-4-1)74(54-41-43-58-60-30-15-20-49-21-16-31-61(70(49)60)65(58)45-54)53-39-36-48(37-40-53)64-46-55(44-50-19-8-9-26-56(50)64)75(52-24-5-2-6-25-52)69-35-17-34-68-71(69)63-29-12-14-33-67(63)73(68)66-32-13-11-28-59(66)62-42-38-47-18-7-10-27-57(47)72(62)73/h1-46H. The summed E-state index contributed by atoms with van der Waals surface area (Å²) in [5.41, 5.74) is 24.2. The molecular formula is C73H46N2. The van der Waals surface area contributed by atoms with Crippen molar-refractivity contribution in [2.45, 2.75) is 5.41 Å². The van der Waals surface area contributed by atoms with Gasteiger partial charge in [0, 0.05) is 34.0 Å². The Morgan fingerprint density at radius 1 is 0.253 bits per heavy atom. The Hall–Kier alpha value is -9.76. The number of para-hydroxylation sites is 2. The molecule has 0 aliphatic heterocycles. The molecule has 0 fully saturated rings. The van der Waals surface area contributed by atoms with Crippen LogP contribution in [0.25, 0.3) is 88.0 Å². The van der Waals surface area contributed by atoms with Crippen LogP contribution >= 0.6 is 0 Å². The van der Waals surface area contributed by atoms with Gasteiger partial charge < -0.3 is 9.80 Å². The summed E-state index contributed by atoms with van der Waals surface area (Å²) in [6.07, 6.45) is 0. The van der Waals surface area contributed by atoms with E-state index in [1.165, 1.54) is 105 Å². The number of fused-ring (bicyclic) bond motifs is 16. The number of hydrogen-bond acceptors (Lipinski definition) is 2. The maximum absolute atomic E-state index is 2.51. The van der Waals surface area contributed by atoms with Crippen LogP contribution in [0.1, 0.15) is 22.3 Å². The first-order chi connectivity index (χ1) is 37.2. The normalized spacial score (nSPS) is 14.2. The highest BCUT2D eigenvalue weighted by atomic mass is 15.1. The SMILES string of the molecule is c1ccc(N(c2ccc(-c3cc(N(c4ccccc4)c4cccc5c4-c4ccccc4C54c5ccccc5-c5ccc6ccccc6c54)cc4ccccc34)cc2)c2ccc3c(c2)-c2cccc4cccc-3c24)cc1. The maximum atomic E-state index is 2.51. The molecule has 348 valence electrons. The molecule has 0 saturated heterocycles. The lowest BCUT2D eigenvalue weighted by molar-refractivity contribution is 0.801. The molecule has 2 nitrogen and oxygen atoms in total. The van der Waals surface area contributed by atoms with Gasteiger partial charge in [-0.1, -0.05) is 212 Å². The third-order valence-corrected chi connectivity index (χ3v) is 16.5. The number of anilines is 6. The van der Waals surface area contributed by atoms with Crippen LogP contribution in [-0.2, 0) is 5.41 Å². The van der Waals surface area contributed by atoms with Gasteiger partial charge in [0.1, 0.15) is 0 Å². The number of nitrogens with zero attached hydrogens (tertiary/aromatic N) is 2. The zero-order chi connectivity index (χ0) is 49.2. The minimum Gasteiger partial charge on any atom is -0.310 e. The Morgan fingerprint density at radius 2 is 0.787 bits per heavy atom. The summed E-state index contributed by atoms with van der Waals surface area (Å²) in [6.45, 7) is 0. The number of rotatable bonds is 7. The summed E-state index contributed by atoms with van der Waals surface area (Å²) < 4.78 is 0. The molecule has 1 atom stereocenters. The van der Waals surface area contributed by atoms with Crippen LogP contribution in [-0.4, -0.2) is 0 Å². The van der Waals surface area contributed by atoms with E-state index in [0.29, 0.717) is 0 Å². The van der Waals surface area contributed by atoms with Crippen molar-refractivity contribution in [3.63, 3.8) is 0 Å². The average Bonchev–Trinajstić information content (AvgIpc) is 4.29. The second kappa shape index (κ2) is 16.1. The lowest BCUT2D eigenvalue weighted by atomic mass is 9.69. The molecule has 2 heteroatoms. The average molecular weight is 951 g/mol. The van der Waals surface area contributed by atoms with Gasteiger partial charge in [-0.15, -0.1) is 0 Å². The van der Waals surface area contributed by atoms with Gasteiger partial charge in [-0.3, -0.25) is 0 Å². The molecule has 1 spiro atoms. The third kappa shape index (κ3) is 5.97. The van der Waals surface area contributed by atoms with E-state index in [1.54, 1.807) is 0 Å². The Labute approximate surface area is 436 Å². The Morgan fingerprint density at radius 3 is 1.56 bits per heavy atom. The molecule has 3 aliphatic carbocycles. The fourth-order valence-corrected chi connectivity index (χ4v) is 13.5. The minimum atomic E-state index is -0.514. The summed E-state index contributed by atoms with van der Waals surface area (Å²) in [5, 5.41) is 7.57. The van der Waals surface area contributed by atoms with E-state index in [-0.39, 0.29) is 0 Å². The summed E-state index contributed by atoms with van der Waals surface area (Å²) in [5.74, 6) is 0. The van der Waals surface area contributed by atoms with Gasteiger partial charge >= 0.3 is 0 Å². The van der Waals surface area contributed by atoms with Crippen molar-refractivity contribution in [1.82, 2.24) is 0 Å². The van der Waals surface area contributed by atoms with Crippen LogP contribution in [0.5, 0.6) is 0 Å². The van der Waals surface area contributed by atoms with E-state index in [0.717, 1.165) is 39.7 Å². The van der Waals surface area contributed by atoms with Crippen LogP contribution in [0, 0.1) is 0 Å². The van der Waals surface area contributed by atoms with Crippen molar-refractivity contribution >= 4 is 66.4 Å². The van der Waals surface area contributed by atoms with E-state index in [1.807, 2.05) is 0 Å². The molecule has 1 unspecified atom stereocenters. The Kier molecular flexibility index (Phi) is 8.99. The number of hydrogen-bond donors (Lipinski definition) is 0. The smallest absolute Gasteiger partial charge is 0.0732 e. The molecule has 13 aromatic rings. The fourth-order valence-electron chi connectivity index (χ4n) is 13.5. The summed E-state index contributed by atoms with van der Waals surface area (Å²) in [7, 11) is 0. The first-order valence-corrected chi connectivity index (χ1v) is 26.1. The van der Waals surface area contributed by atoms with Crippen LogP contribution in [0.3, 0.4) is 0 Å². The van der Waals surface area contributed by atoms with Gasteiger partial charge in [0.05, 0.1) is 11.1 Å². The molecule has 0 amide bonds.